The molecule has 2 N–H and O–H groups in total. The van der Waals surface area contributed by atoms with E-state index in [-0.39, 0.29) is 11.9 Å². The van der Waals surface area contributed by atoms with Crippen molar-refractivity contribution in [2.75, 3.05) is 19.6 Å². The van der Waals surface area contributed by atoms with Gasteiger partial charge in [-0.05, 0) is 46.1 Å². The number of hydrogen-bond donors (Lipinski definition) is 1. The van der Waals surface area contributed by atoms with E-state index in [1.807, 2.05) is 6.07 Å². The molecule has 0 radical (unpaired) electrons. The van der Waals surface area contributed by atoms with Gasteiger partial charge in [-0.15, -0.1) is 0 Å². The lowest BCUT2D eigenvalue weighted by Crippen LogP contribution is -2.37. The Hall–Kier alpha value is -0.450. The summed E-state index contributed by atoms with van der Waals surface area (Å²) < 4.78 is 14.2. The molecular formula is C16H26BrFN2. The lowest BCUT2D eigenvalue weighted by Gasteiger charge is -2.33. The minimum Gasteiger partial charge on any atom is -0.329 e. The maximum absolute atomic E-state index is 13.7. The van der Waals surface area contributed by atoms with Gasteiger partial charge < -0.3 is 5.73 Å². The lowest BCUT2D eigenvalue weighted by atomic mass is 9.99. The molecule has 0 aliphatic rings. The van der Waals surface area contributed by atoms with Crippen molar-refractivity contribution in [1.29, 1.82) is 0 Å². The number of hydrogen-bond acceptors (Lipinski definition) is 2. The molecule has 0 bridgehead atoms. The molecule has 20 heavy (non-hydrogen) atoms. The Bertz CT molecular complexity index is 407. The van der Waals surface area contributed by atoms with Crippen molar-refractivity contribution in [1.82, 2.24) is 4.90 Å². The third kappa shape index (κ3) is 4.54. The summed E-state index contributed by atoms with van der Waals surface area (Å²) in [7, 11) is 0. The van der Waals surface area contributed by atoms with Crippen LogP contribution in [0, 0.1) is 11.7 Å². The maximum Gasteiger partial charge on any atom is 0.137 e. The molecule has 2 nitrogen and oxygen atoms in total. The van der Waals surface area contributed by atoms with Gasteiger partial charge in [0, 0.05) is 19.1 Å². The monoisotopic (exact) mass is 344 g/mol. The molecule has 114 valence electrons. The summed E-state index contributed by atoms with van der Waals surface area (Å²) in [5.41, 5.74) is 6.91. The zero-order valence-electron chi connectivity index (χ0n) is 12.7. The van der Waals surface area contributed by atoms with E-state index in [9.17, 15) is 4.39 Å². The largest absolute Gasteiger partial charge is 0.329 e. The fourth-order valence-electron chi connectivity index (χ4n) is 2.57. The van der Waals surface area contributed by atoms with Crippen LogP contribution in [-0.4, -0.2) is 24.5 Å². The Morgan fingerprint density at radius 3 is 2.35 bits per heavy atom. The average molecular weight is 345 g/mol. The first kappa shape index (κ1) is 17.6. The molecule has 0 aliphatic heterocycles. The van der Waals surface area contributed by atoms with Crippen LogP contribution in [0.4, 0.5) is 4.39 Å². The van der Waals surface area contributed by atoms with Crippen LogP contribution in [0.2, 0.25) is 0 Å². The molecule has 0 fully saturated rings. The summed E-state index contributed by atoms with van der Waals surface area (Å²) in [5.74, 6) is 0.448. The molecule has 4 heteroatoms. The summed E-state index contributed by atoms with van der Waals surface area (Å²) in [6.07, 6.45) is 2.33. The maximum atomic E-state index is 13.7. The van der Waals surface area contributed by atoms with E-state index in [4.69, 9.17) is 5.73 Å². The van der Waals surface area contributed by atoms with Crippen molar-refractivity contribution in [3.05, 3.63) is 34.1 Å². The first-order valence-corrected chi connectivity index (χ1v) is 8.25. The molecule has 0 aromatic heterocycles. The molecule has 1 atom stereocenters. The molecule has 0 amide bonds. The van der Waals surface area contributed by atoms with Gasteiger partial charge in [-0.25, -0.2) is 4.39 Å². The minimum atomic E-state index is -0.223. The fourth-order valence-corrected chi connectivity index (χ4v) is 2.82. The smallest absolute Gasteiger partial charge is 0.137 e. The summed E-state index contributed by atoms with van der Waals surface area (Å²) in [6, 6.07) is 5.40. The second kappa shape index (κ2) is 8.75. The van der Waals surface area contributed by atoms with Gasteiger partial charge in [0.25, 0.3) is 0 Å². The van der Waals surface area contributed by atoms with Crippen molar-refractivity contribution in [2.45, 2.75) is 39.7 Å². The standard InChI is InChI=1S/C16H26BrFN2/c1-4-12(5-2)11-20(6-3)16(10-19)13-7-8-14(17)15(18)9-13/h7-9,12,16H,4-6,10-11,19H2,1-3H3. The van der Waals surface area contributed by atoms with Gasteiger partial charge in [-0.2, -0.15) is 0 Å². The van der Waals surface area contributed by atoms with Gasteiger partial charge in [0.05, 0.1) is 4.47 Å². The summed E-state index contributed by atoms with van der Waals surface area (Å²) >= 11 is 3.20. The number of nitrogens with two attached hydrogens (primary N) is 1. The van der Waals surface area contributed by atoms with Crippen molar-refractivity contribution in [3.8, 4) is 0 Å². The van der Waals surface area contributed by atoms with Gasteiger partial charge in [0.2, 0.25) is 0 Å². The van der Waals surface area contributed by atoms with E-state index in [2.05, 4.69) is 41.6 Å². The Morgan fingerprint density at radius 2 is 1.90 bits per heavy atom. The van der Waals surface area contributed by atoms with E-state index in [0.717, 1.165) is 18.7 Å². The number of nitrogens with zero attached hydrogens (tertiary/aromatic N) is 1. The van der Waals surface area contributed by atoms with E-state index in [1.54, 1.807) is 12.1 Å². The Morgan fingerprint density at radius 1 is 1.25 bits per heavy atom. The second-order valence-electron chi connectivity index (χ2n) is 5.20. The van der Waals surface area contributed by atoms with E-state index in [0.29, 0.717) is 16.9 Å². The van der Waals surface area contributed by atoms with E-state index in [1.165, 1.54) is 12.8 Å². The fraction of sp³-hybridized carbons (Fsp3) is 0.625. The SMILES string of the molecule is CCC(CC)CN(CC)C(CN)c1ccc(Br)c(F)c1. The normalized spacial score (nSPS) is 13.2. The van der Waals surface area contributed by atoms with Crippen LogP contribution < -0.4 is 5.73 Å². The summed E-state index contributed by atoms with van der Waals surface area (Å²) in [4.78, 5) is 2.36. The van der Waals surface area contributed by atoms with Crippen LogP contribution in [0.3, 0.4) is 0 Å². The van der Waals surface area contributed by atoms with Gasteiger partial charge in [-0.1, -0.05) is 39.7 Å². The first-order valence-electron chi connectivity index (χ1n) is 7.46. The molecule has 1 unspecified atom stereocenters. The zero-order valence-corrected chi connectivity index (χ0v) is 14.3. The van der Waals surface area contributed by atoms with Crippen LogP contribution in [0.5, 0.6) is 0 Å². The Labute approximate surface area is 130 Å². The third-order valence-electron chi connectivity index (χ3n) is 4.05. The van der Waals surface area contributed by atoms with Crippen molar-refractivity contribution >= 4 is 15.9 Å². The molecule has 1 rings (SSSR count). The number of benzene rings is 1. The molecule has 1 aromatic rings. The highest BCUT2D eigenvalue weighted by Gasteiger charge is 2.21. The molecule has 0 heterocycles. The second-order valence-corrected chi connectivity index (χ2v) is 6.05. The molecule has 0 aliphatic carbocycles. The topological polar surface area (TPSA) is 29.3 Å². The van der Waals surface area contributed by atoms with Crippen LogP contribution >= 0.6 is 15.9 Å². The van der Waals surface area contributed by atoms with Crippen LogP contribution in [0.1, 0.15) is 45.2 Å². The van der Waals surface area contributed by atoms with Crippen LogP contribution in [0.25, 0.3) is 0 Å². The van der Waals surface area contributed by atoms with Gasteiger partial charge in [0.1, 0.15) is 5.82 Å². The molecule has 0 saturated carbocycles. The number of halogens is 2. The lowest BCUT2D eigenvalue weighted by molar-refractivity contribution is 0.174. The van der Waals surface area contributed by atoms with Gasteiger partial charge >= 0.3 is 0 Å². The van der Waals surface area contributed by atoms with E-state index >= 15 is 0 Å². The van der Waals surface area contributed by atoms with Gasteiger partial charge in [-0.3, -0.25) is 4.90 Å². The molecule has 1 aromatic carbocycles. The third-order valence-corrected chi connectivity index (χ3v) is 4.69. The van der Waals surface area contributed by atoms with Crippen LogP contribution in [0.15, 0.2) is 22.7 Å². The summed E-state index contributed by atoms with van der Waals surface area (Å²) in [6.45, 7) is 9.03. The predicted molar refractivity (Wildman–Crippen MR) is 87.2 cm³/mol. The minimum absolute atomic E-state index is 0.0863. The Balaban J connectivity index is 2.93. The summed E-state index contributed by atoms with van der Waals surface area (Å²) in [5, 5.41) is 0. The predicted octanol–water partition coefficient (Wildman–Crippen LogP) is 4.35. The molecule has 0 spiro atoms. The number of rotatable bonds is 8. The first-order chi connectivity index (χ1) is 9.57. The molecular weight excluding hydrogens is 319 g/mol. The van der Waals surface area contributed by atoms with E-state index < -0.39 is 0 Å². The van der Waals surface area contributed by atoms with Gasteiger partial charge in [0.15, 0.2) is 0 Å². The van der Waals surface area contributed by atoms with Crippen molar-refractivity contribution in [2.24, 2.45) is 11.7 Å². The highest BCUT2D eigenvalue weighted by Crippen LogP contribution is 2.25. The van der Waals surface area contributed by atoms with Crippen molar-refractivity contribution < 1.29 is 4.39 Å². The zero-order chi connectivity index (χ0) is 15.1. The highest BCUT2D eigenvalue weighted by atomic mass is 79.9. The quantitative estimate of drug-likeness (QED) is 0.759. The van der Waals surface area contributed by atoms with Crippen molar-refractivity contribution in [3.63, 3.8) is 0 Å². The average Bonchev–Trinajstić information content (AvgIpc) is 2.46. The highest BCUT2D eigenvalue weighted by molar-refractivity contribution is 9.10. The number of likely N-dealkylation sites (N-methyl/N-ethyl adjacent to an activating group) is 1. The Kier molecular flexibility index (Phi) is 7.70. The van der Waals surface area contributed by atoms with Crippen LogP contribution in [-0.2, 0) is 0 Å². The molecule has 0 saturated heterocycles.